The zero-order valence-corrected chi connectivity index (χ0v) is 11.4. The number of rotatable bonds is 11. The SMILES string of the molecule is COCCOCCCNC(=O)NC(CC(N)=O)C(=O)O. The van der Waals surface area contributed by atoms with Gasteiger partial charge in [-0.1, -0.05) is 0 Å². The van der Waals surface area contributed by atoms with E-state index in [4.69, 9.17) is 20.3 Å². The minimum Gasteiger partial charge on any atom is -0.480 e. The van der Waals surface area contributed by atoms with Crippen LogP contribution in [0.4, 0.5) is 4.79 Å². The summed E-state index contributed by atoms with van der Waals surface area (Å²) in [5.41, 5.74) is 4.89. The molecule has 0 heterocycles. The first kappa shape index (κ1) is 18.1. The van der Waals surface area contributed by atoms with Crippen LogP contribution in [0.15, 0.2) is 0 Å². The van der Waals surface area contributed by atoms with Crippen LogP contribution in [0.25, 0.3) is 0 Å². The molecule has 9 nitrogen and oxygen atoms in total. The van der Waals surface area contributed by atoms with E-state index in [0.717, 1.165) is 0 Å². The Labute approximate surface area is 116 Å². The van der Waals surface area contributed by atoms with Crippen molar-refractivity contribution in [3.63, 3.8) is 0 Å². The number of methoxy groups -OCH3 is 1. The monoisotopic (exact) mass is 291 g/mol. The summed E-state index contributed by atoms with van der Waals surface area (Å²) in [6, 6.07) is -2.00. The molecule has 0 fully saturated rings. The average Bonchev–Trinajstić information content (AvgIpc) is 2.36. The van der Waals surface area contributed by atoms with E-state index < -0.39 is 30.4 Å². The normalized spacial score (nSPS) is 11.7. The minimum atomic E-state index is -1.33. The predicted octanol–water partition coefficient (Wildman–Crippen LogP) is -1.33. The zero-order valence-electron chi connectivity index (χ0n) is 11.4. The number of urea groups is 1. The number of carbonyl (C=O) groups excluding carboxylic acids is 2. The van der Waals surface area contributed by atoms with E-state index in [1.54, 1.807) is 7.11 Å². The Morgan fingerprint density at radius 2 is 1.95 bits per heavy atom. The Balaban J connectivity index is 3.75. The molecular formula is C11H21N3O6. The number of carboxylic acid groups (broad SMARTS) is 1. The molecule has 1 atom stereocenters. The molecule has 0 bridgehead atoms. The quantitative estimate of drug-likeness (QED) is 0.348. The number of amides is 3. The van der Waals surface area contributed by atoms with E-state index in [2.05, 4.69) is 10.6 Å². The lowest BCUT2D eigenvalue weighted by Gasteiger charge is -2.13. The van der Waals surface area contributed by atoms with Gasteiger partial charge in [-0.2, -0.15) is 0 Å². The summed E-state index contributed by atoms with van der Waals surface area (Å²) in [5.74, 6) is -2.12. The number of nitrogens with one attached hydrogen (secondary N) is 2. The molecule has 3 amide bonds. The molecule has 20 heavy (non-hydrogen) atoms. The van der Waals surface area contributed by atoms with Crippen molar-refractivity contribution in [3.8, 4) is 0 Å². The first-order valence-electron chi connectivity index (χ1n) is 6.09. The number of carboxylic acids is 1. The highest BCUT2D eigenvalue weighted by Gasteiger charge is 2.21. The summed E-state index contributed by atoms with van der Waals surface area (Å²) in [4.78, 5) is 32.8. The first-order valence-corrected chi connectivity index (χ1v) is 6.09. The number of nitrogens with two attached hydrogens (primary N) is 1. The molecule has 5 N–H and O–H groups in total. The lowest BCUT2D eigenvalue weighted by Crippen LogP contribution is -2.47. The van der Waals surface area contributed by atoms with E-state index in [9.17, 15) is 14.4 Å². The standard InChI is InChI=1S/C11H21N3O6/c1-19-5-6-20-4-2-3-13-11(18)14-8(10(16)17)7-9(12)15/h8H,2-7H2,1H3,(H2,12,15)(H,16,17)(H2,13,14,18). The van der Waals surface area contributed by atoms with Crippen LogP contribution in [0.2, 0.25) is 0 Å². The second kappa shape index (κ2) is 11.0. The van der Waals surface area contributed by atoms with Crippen molar-refractivity contribution in [3.05, 3.63) is 0 Å². The van der Waals surface area contributed by atoms with Crippen LogP contribution < -0.4 is 16.4 Å². The first-order chi connectivity index (χ1) is 9.47. The van der Waals surface area contributed by atoms with Gasteiger partial charge in [0.2, 0.25) is 5.91 Å². The Hall–Kier alpha value is -1.87. The number of hydrogen-bond acceptors (Lipinski definition) is 5. The van der Waals surface area contributed by atoms with Gasteiger partial charge < -0.3 is 30.9 Å². The molecule has 0 saturated carbocycles. The van der Waals surface area contributed by atoms with Gasteiger partial charge in [0.1, 0.15) is 6.04 Å². The molecular weight excluding hydrogens is 270 g/mol. The third-order valence-electron chi connectivity index (χ3n) is 2.19. The van der Waals surface area contributed by atoms with Crippen molar-refractivity contribution in [2.75, 3.05) is 33.5 Å². The maximum absolute atomic E-state index is 11.4. The molecule has 116 valence electrons. The van der Waals surface area contributed by atoms with Gasteiger partial charge in [0.05, 0.1) is 19.6 Å². The molecule has 0 aromatic heterocycles. The van der Waals surface area contributed by atoms with E-state index in [-0.39, 0.29) is 0 Å². The second-order valence-corrected chi connectivity index (χ2v) is 3.92. The number of aliphatic carboxylic acids is 1. The highest BCUT2D eigenvalue weighted by molar-refractivity contribution is 5.87. The van der Waals surface area contributed by atoms with Crippen molar-refractivity contribution in [1.29, 1.82) is 0 Å². The third kappa shape index (κ3) is 10.1. The third-order valence-corrected chi connectivity index (χ3v) is 2.19. The Morgan fingerprint density at radius 1 is 1.25 bits per heavy atom. The summed E-state index contributed by atoms with van der Waals surface area (Å²) in [6.45, 7) is 1.75. The van der Waals surface area contributed by atoms with Crippen LogP contribution in [-0.4, -0.2) is 62.5 Å². The molecule has 0 aromatic carbocycles. The van der Waals surface area contributed by atoms with E-state index in [1.165, 1.54) is 0 Å². The van der Waals surface area contributed by atoms with Crippen LogP contribution in [0.1, 0.15) is 12.8 Å². The van der Waals surface area contributed by atoms with Gasteiger partial charge in [-0.05, 0) is 6.42 Å². The number of hydrogen-bond donors (Lipinski definition) is 4. The topological polar surface area (TPSA) is 140 Å². The van der Waals surface area contributed by atoms with E-state index in [1.807, 2.05) is 0 Å². The average molecular weight is 291 g/mol. The molecule has 0 aliphatic carbocycles. The second-order valence-electron chi connectivity index (χ2n) is 3.92. The van der Waals surface area contributed by atoms with Gasteiger partial charge in [0, 0.05) is 20.3 Å². The smallest absolute Gasteiger partial charge is 0.326 e. The van der Waals surface area contributed by atoms with Gasteiger partial charge in [0.15, 0.2) is 0 Å². The fraction of sp³-hybridized carbons (Fsp3) is 0.727. The Kier molecular flexibility index (Phi) is 9.97. The van der Waals surface area contributed by atoms with Gasteiger partial charge in [-0.15, -0.1) is 0 Å². The highest BCUT2D eigenvalue weighted by Crippen LogP contribution is 1.91. The fourth-order valence-electron chi connectivity index (χ4n) is 1.23. The Morgan fingerprint density at radius 3 is 2.50 bits per heavy atom. The lowest BCUT2D eigenvalue weighted by molar-refractivity contribution is -0.140. The molecule has 1 unspecified atom stereocenters. The largest absolute Gasteiger partial charge is 0.480 e. The zero-order chi connectivity index (χ0) is 15.4. The van der Waals surface area contributed by atoms with E-state index in [0.29, 0.717) is 32.8 Å². The van der Waals surface area contributed by atoms with Crippen LogP contribution >= 0.6 is 0 Å². The molecule has 0 saturated heterocycles. The molecule has 9 heteroatoms. The number of primary amides is 1. The summed E-state index contributed by atoms with van der Waals surface area (Å²) in [5, 5.41) is 13.4. The van der Waals surface area contributed by atoms with Gasteiger partial charge >= 0.3 is 12.0 Å². The van der Waals surface area contributed by atoms with Crippen molar-refractivity contribution < 1.29 is 29.0 Å². The molecule has 0 spiro atoms. The number of ether oxygens (including phenoxy) is 2. The molecule has 0 aromatic rings. The summed E-state index contributed by atoms with van der Waals surface area (Å²) < 4.78 is 9.96. The summed E-state index contributed by atoms with van der Waals surface area (Å²) in [6.07, 6.45) is 0.119. The minimum absolute atomic E-state index is 0.321. The number of carbonyl (C=O) groups is 3. The van der Waals surface area contributed by atoms with Crippen molar-refractivity contribution in [1.82, 2.24) is 10.6 Å². The molecule has 0 aliphatic rings. The van der Waals surface area contributed by atoms with Crippen molar-refractivity contribution in [2.24, 2.45) is 5.73 Å². The highest BCUT2D eigenvalue weighted by atomic mass is 16.5. The molecule has 0 radical (unpaired) electrons. The summed E-state index contributed by atoms with van der Waals surface area (Å²) in [7, 11) is 1.57. The van der Waals surface area contributed by atoms with Crippen molar-refractivity contribution >= 4 is 17.9 Å². The lowest BCUT2D eigenvalue weighted by atomic mass is 10.2. The molecule has 0 rings (SSSR count). The van der Waals surface area contributed by atoms with Gasteiger partial charge in [-0.3, -0.25) is 4.79 Å². The fourth-order valence-corrected chi connectivity index (χ4v) is 1.23. The maximum atomic E-state index is 11.4. The van der Waals surface area contributed by atoms with Crippen LogP contribution in [-0.2, 0) is 19.1 Å². The van der Waals surface area contributed by atoms with Gasteiger partial charge in [-0.25, -0.2) is 9.59 Å². The van der Waals surface area contributed by atoms with E-state index >= 15 is 0 Å². The summed E-state index contributed by atoms with van der Waals surface area (Å²) >= 11 is 0. The molecule has 0 aliphatic heterocycles. The van der Waals surface area contributed by atoms with Crippen molar-refractivity contribution in [2.45, 2.75) is 18.9 Å². The van der Waals surface area contributed by atoms with Crippen LogP contribution in [0.3, 0.4) is 0 Å². The van der Waals surface area contributed by atoms with Crippen LogP contribution in [0, 0.1) is 0 Å². The Bertz CT molecular complexity index is 323. The van der Waals surface area contributed by atoms with Gasteiger partial charge in [0.25, 0.3) is 0 Å². The predicted molar refractivity (Wildman–Crippen MR) is 69.1 cm³/mol. The maximum Gasteiger partial charge on any atom is 0.326 e. The van der Waals surface area contributed by atoms with Crippen LogP contribution in [0.5, 0.6) is 0 Å².